The molecule has 1 heterocycles. The Morgan fingerprint density at radius 3 is 2.37 bits per heavy atom. The van der Waals surface area contributed by atoms with Gasteiger partial charge < -0.3 is 9.64 Å². The van der Waals surface area contributed by atoms with Gasteiger partial charge in [0.25, 0.3) is 5.91 Å². The van der Waals surface area contributed by atoms with E-state index in [1.807, 2.05) is 37.3 Å². The van der Waals surface area contributed by atoms with Crippen LogP contribution in [0.4, 0.5) is 11.4 Å². The Kier molecular flexibility index (Phi) is 4.78. The van der Waals surface area contributed by atoms with Gasteiger partial charge in [-0.05, 0) is 60.0 Å². The first-order chi connectivity index (χ1) is 14.1. The third-order valence-electron chi connectivity index (χ3n) is 5.25. The second-order valence-electron chi connectivity index (χ2n) is 7.43. The van der Waals surface area contributed by atoms with Crippen molar-refractivity contribution in [3.05, 3.63) is 71.8 Å². The third kappa shape index (κ3) is 3.52. The summed E-state index contributed by atoms with van der Waals surface area (Å²) in [4.78, 5) is 14.7. The second-order valence-corrected chi connectivity index (χ2v) is 9.44. The van der Waals surface area contributed by atoms with E-state index in [2.05, 4.69) is 0 Å². The molecule has 7 heteroatoms. The van der Waals surface area contributed by atoms with Gasteiger partial charge in [0.15, 0.2) is 5.75 Å². The maximum Gasteiger partial charge on any atom is 0.261 e. The van der Waals surface area contributed by atoms with Gasteiger partial charge in [-0.1, -0.05) is 24.3 Å². The number of amides is 1. The zero-order valence-electron chi connectivity index (χ0n) is 17.2. The van der Waals surface area contributed by atoms with Crippen LogP contribution in [0.1, 0.15) is 15.9 Å². The molecular weight excluding hydrogens is 400 g/mol. The summed E-state index contributed by atoms with van der Waals surface area (Å²) in [5.41, 5.74) is 4.35. The van der Waals surface area contributed by atoms with E-state index in [9.17, 15) is 13.2 Å². The van der Waals surface area contributed by atoms with Crippen molar-refractivity contribution in [2.75, 3.05) is 29.6 Å². The Labute approximate surface area is 176 Å². The third-order valence-corrected chi connectivity index (χ3v) is 6.46. The maximum atomic E-state index is 13.2. The van der Waals surface area contributed by atoms with Crippen LogP contribution in [0.25, 0.3) is 11.1 Å². The molecule has 0 bridgehead atoms. The molecule has 0 saturated heterocycles. The summed E-state index contributed by atoms with van der Waals surface area (Å²) < 4.78 is 31.0. The minimum Gasteiger partial charge on any atom is -0.454 e. The zero-order chi connectivity index (χ0) is 21.6. The zero-order valence-corrected chi connectivity index (χ0v) is 18.0. The highest BCUT2D eigenvalue weighted by atomic mass is 32.2. The van der Waals surface area contributed by atoms with Crippen molar-refractivity contribution in [2.24, 2.45) is 0 Å². The molecule has 3 aromatic rings. The highest BCUT2D eigenvalue weighted by Gasteiger charge is 2.26. The number of carbonyl (C=O) groups excluding carboxylic acids is 1. The number of rotatable bonds is 3. The van der Waals surface area contributed by atoms with E-state index >= 15 is 0 Å². The van der Waals surface area contributed by atoms with Gasteiger partial charge in [0.1, 0.15) is 5.75 Å². The monoisotopic (exact) mass is 422 g/mol. The molecule has 0 aromatic heterocycles. The predicted octanol–water partition coefficient (Wildman–Crippen LogP) is 4.44. The van der Waals surface area contributed by atoms with Crippen LogP contribution in [0, 0.1) is 6.92 Å². The van der Waals surface area contributed by atoms with Crippen LogP contribution in [0.2, 0.25) is 0 Å². The number of anilines is 2. The molecule has 0 radical (unpaired) electrons. The van der Waals surface area contributed by atoms with Crippen molar-refractivity contribution >= 4 is 27.3 Å². The smallest absolute Gasteiger partial charge is 0.261 e. The molecule has 4 rings (SSSR count). The minimum atomic E-state index is -3.37. The number of ether oxygens (including phenoxy) is 1. The lowest BCUT2D eigenvalue weighted by Crippen LogP contribution is -2.25. The lowest BCUT2D eigenvalue weighted by atomic mass is 10.0. The Balaban J connectivity index is 1.78. The fourth-order valence-electron chi connectivity index (χ4n) is 3.42. The van der Waals surface area contributed by atoms with E-state index in [4.69, 9.17) is 4.74 Å². The van der Waals surface area contributed by atoms with Crippen molar-refractivity contribution in [1.82, 2.24) is 0 Å². The molecule has 0 aliphatic carbocycles. The first-order valence-electron chi connectivity index (χ1n) is 9.40. The predicted molar refractivity (Wildman–Crippen MR) is 119 cm³/mol. The largest absolute Gasteiger partial charge is 0.454 e. The van der Waals surface area contributed by atoms with E-state index in [0.717, 1.165) is 28.6 Å². The lowest BCUT2D eigenvalue weighted by molar-refractivity contribution is 0.0993. The van der Waals surface area contributed by atoms with Crippen LogP contribution in [-0.2, 0) is 10.0 Å². The highest BCUT2D eigenvalue weighted by molar-refractivity contribution is 7.92. The number of sulfonamides is 1. The number of aryl methyl sites for hydroxylation is 1. The summed E-state index contributed by atoms with van der Waals surface area (Å²) in [6.45, 7) is 1.97. The molecule has 0 spiro atoms. The summed E-state index contributed by atoms with van der Waals surface area (Å²) in [5, 5.41) is 0. The first kappa shape index (κ1) is 20.0. The van der Waals surface area contributed by atoms with E-state index in [-0.39, 0.29) is 5.91 Å². The van der Waals surface area contributed by atoms with Crippen LogP contribution in [-0.4, -0.2) is 34.7 Å². The van der Waals surface area contributed by atoms with Crippen molar-refractivity contribution in [3.8, 4) is 22.6 Å². The molecule has 1 aliphatic rings. The molecule has 30 heavy (non-hydrogen) atoms. The topological polar surface area (TPSA) is 66.9 Å². The minimum absolute atomic E-state index is 0.166. The average molecular weight is 423 g/mol. The quantitative estimate of drug-likeness (QED) is 0.626. The van der Waals surface area contributed by atoms with Crippen molar-refractivity contribution < 1.29 is 17.9 Å². The standard InChI is InChI=1S/C23H22N2O4S/c1-15-8-10-22-20(12-15)24(2)23(26)19-14-17(9-11-21(19)29-22)16-6-5-7-18(13-16)25(3)30(4,27)28/h5-14H,1-4H3. The maximum absolute atomic E-state index is 13.2. The van der Waals surface area contributed by atoms with Crippen LogP contribution < -0.4 is 13.9 Å². The van der Waals surface area contributed by atoms with E-state index < -0.39 is 10.0 Å². The molecule has 154 valence electrons. The molecule has 0 unspecified atom stereocenters. The summed E-state index contributed by atoms with van der Waals surface area (Å²) in [6, 6.07) is 18.3. The Bertz CT molecular complexity index is 1270. The molecule has 3 aromatic carbocycles. The van der Waals surface area contributed by atoms with Gasteiger partial charge in [-0.3, -0.25) is 9.10 Å². The van der Waals surface area contributed by atoms with Crippen molar-refractivity contribution in [2.45, 2.75) is 6.92 Å². The average Bonchev–Trinajstić information content (AvgIpc) is 2.82. The van der Waals surface area contributed by atoms with E-state index in [1.165, 1.54) is 11.4 Å². The van der Waals surface area contributed by atoms with Gasteiger partial charge in [0, 0.05) is 14.1 Å². The van der Waals surface area contributed by atoms with Gasteiger partial charge >= 0.3 is 0 Å². The molecular formula is C23H22N2O4S. The van der Waals surface area contributed by atoms with E-state index in [0.29, 0.717) is 22.7 Å². The first-order valence-corrected chi connectivity index (χ1v) is 11.2. The number of fused-ring (bicyclic) bond motifs is 2. The second kappa shape index (κ2) is 7.18. The summed E-state index contributed by atoms with van der Waals surface area (Å²) in [7, 11) is -0.131. The van der Waals surface area contributed by atoms with Crippen LogP contribution >= 0.6 is 0 Å². The van der Waals surface area contributed by atoms with Gasteiger partial charge in [-0.25, -0.2) is 8.42 Å². The molecule has 6 nitrogen and oxygen atoms in total. The lowest BCUT2D eigenvalue weighted by Gasteiger charge is -2.18. The summed E-state index contributed by atoms with van der Waals surface area (Å²) in [6.07, 6.45) is 1.16. The van der Waals surface area contributed by atoms with Gasteiger partial charge in [-0.2, -0.15) is 0 Å². The number of benzene rings is 3. The van der Waals surface area contributed by atoms with Crippen LogP contribution in [0.5, 0.6) is 11.5 Å². The Hall–Kier alpha value is -3.32. The SMILES string of the molecule is Cc1ccc2c(c1)N(C)C(=O)c1cc(-c3cccc(N(C)S(C)(=O)=O)c3)ccc1O2. The number of nitrogens with zero attached hydrogens (tertiary/aromatic N) is 2. The number of carbonyl (C=O) groups is 1. The molecule has 0 saturated carbocycles. The van der Waals surface area contributed by atoms with Gasteiger partial charge in [0.05, 0.1) is 23.2 Å². The summed E-state index contributed by atoms with van der Waals surface area (Å²) in [5.74, 6) is 0.947. The van der Waals surface area contributed by atoms with Crippen LogP contribution in [0.15, 0.2) is 60.7 Å². The Morgan fingerprint density at radius 2 is 1.63 bits per heavy atom. The fourth-order valence-corrected chi connectivity index (χ4v) is 3.92. The summed E-state index contributed by atoms with van der Waals surface area (Å²) >= 11 is 0. The molecule has 0 atom stereocenters. The fraction of sp³-hybridized carbons (Fsp3) is 0.174. The number of hydrogen-bond acceptors (Lipinski definition) is 4. The van der Waals surface area contributed by atoms with E-state index in [1.54, 1.807) is 42.3 Å². The van der Waals surface area contributed by atoms with Crippen molar-refractivity contribution in [1.29, 1.82) is 0 Å². The Morgan fingerprint density at radius 1 is 0.933 bits per heavy atom. The normalized spacial score (nSPS) is 13.2. The van der Waals surface area contributed by atoms with Gasteiger partial charge in [-0.15, -0.1) is 0 Å². The van der Waals surface area contributed by atoms with Gasteiger partial charge in [0.2, 0.25) is 10.0 Å². The van der Waals surface area contributed by atoms with Crippen molar-refractivity contribution in [3.63, 3.8) is 0 Å². The molecule has 1 amide bonds. The molecule has 0 N–H and O–H groups in total. The highest BCUT2D eigenvalue weighted by Crippen LogP contribution is 2.40. The van der Waals surface area contributed by atoms with Crippen LogP contribution in [0.3, 0.4) is 0 Å². The number of hydrogen-bond donors (Lipinski definition) is 0. The molecule has 0 fully saturated rings. The molecule has 1 aliphatic heterocycles.